The van der Waals surface area contributed by atoms with E-state index in [1.165, 1.54) is 18.2 Å². The summed E-state index contributed by atoms with van der Waals surface area (Å²) in [7, 11) is 0. The molecule has 0 heterocycles. The molecule has 0 unspecified atom stereocenters. The van der Waals surface area contributed by atoms with Gasteiger partial charge in [-0.2, -0.15) is 0 Å². The summed E-state index contributed by atoms with van der Waals surface area (Å²) < 4.78 is 0. The summed E-state index contributed by atoms with van der Waals surface area (Å²) in [4.78, 5) is 22.4. The van der Waals surface area contributed by atoms with Gasteiger partial charge in [-0.05, 0) is 29.3 Å². The average Bonchev–Trinajstić information content (AvgIpc) is 2.64. The van der Waals surface area contributed by atoms with Crippen molar-refractivity contribution in [1.29, 1.82) is 0 Å². The van der Waals surface area contributed by atoms with E-state index >= 15 is 0 Å². The topological polar surface area (TPSA) is 86.2 Å². The number of hydrogen-bond donors (Lipinski definition) is 1. The molecule has 6 heteroatoms. The van der Waals surface area contributed by atoms with E-state index in [1.54, 1.807) is 12.1 Å². The number of rotatable bonds is 1. The van der Waals surface area contributed by atoms with E-state index in [9.17, 15) is 14.9 Å². The third-order valence-electron chi connectivity index (χ3n) is 3.13. The van der Waals surface area contributed by atoms with Gasteiger partial charge in [0.1, 0.15) is 0 Å². The molecule has 0 aliphatic heterocycles. The van der Waals surface area contributed by atoms with Gasteiger partial charge in [-0.15, -0.1) is 0 Å². The number of nitrogen functional groups attached to an aromatic ring is 1. The van der Waals surface area contributed by atoms with Gasteiger partial charge in [-0.25, -0.2) is 0 Å². The Bertz CT molecular complexity index is 756. The van der Waals surface area contributed by atoms with Crippen molar-refractivity contribution in [2.45, 2.75) is 0 Å². The maximum atomic E-state index is 12.2. The Hall–Kier alpha value is -2.40. The molecule has 0 amide bonds. The van der Waals surface area contributed by atoms with Crippen molar-refractivity contribution in [1.82, 2.24) is 0 Å². The van der Waals surface area contributed by atoms with Crippen LogP contribution >= 0.6 is 11.6 Å². The highest BCUT2D eigenvalue weighted by atomic mass is 35.5. The number of hydrogen-bond acceptors (Lipinski definition) is 4. The zero-order valence-electron chi connectivity index (χ0n) is 9.51. The summed E-state index contributed by atoms with van der Waals surface area (Å²) in [6.45, 7) is 0. The van der Waals surface area contributed by atoms with Gasteiger partial charge >= 0.3 is 0 Å². The molecule has 0 atom stereocenters. The molecule has 3 rings (SSSR count). The maximum absolute atomic E-state index is 12.2. The highest BCUT2D eigenvalue weighted by Gasteiger charge is 2.29. The first-order chi connectivity index (χ1) is 8.99. The standard InChI is InChI=1S/C13H7ClN2O3/c14-11-4-8-7-2-1-6(16(18)19)3-9(7)13(17)10(8)5-12(11)15/h1-5H,15H2. The number of nitro benzene ring substituents is 1. The van der Waals surface area contributed by atoms with Crippen LogP contribution in [-0.4, -0.2) is 10.7 Å². The Kier molecular flexibility index (Phi) is 2.33. The smallest absolute Gasteiger partial charge is 0.270 e. The fourth-order valence-corrected chi connectivity index (χ4v) is 2.38. The quantitative estimate of drug-likeness (QED) is 0.420. The first-order valence-corrected chi connectivity index (χ1v) is 5.79. The van der Waals surface area contributed by atoms with Crippen molar-refractivity contribution in [3.05, 3.63) is 56.6 Å². The van der Waals surface area contributed by atoms with Crippen molar-refractivity contribution >= 4 is 28.8 Å². The van der Waals surface area contributed by atoms with Crippen LogP contribution in [0.25, 0.3) is 11.1 Å². The van der Waals surface area contributed by atoms with Gasteiger partial charge in [0, 0.05) is 23.3 Å². The monoisotopic (exact) mass is 274 g/mol. The van der Waals surface area contributed by atoms with E-state index in [4.69, 9.17) is 17.3 Å². The zero-order chi connectivity index (χ0) is 13.7. The fourth-order valence-electron chi connectivity index (χ4n) is 2.21. The van der Waals surface area contributed by atoms with Gasteiger partial charge < -0.3 is 5.73 Å². The molecular weight excluding hydrogens is 268 g/mol. The van der Waals surface area contributed by atoms with Crippen LogP contribution in [0.5, 0.6) is 0 Å². The Morgan fingerprint density at radius 2 is 1.74 bits per heavy atom. The van der Waals surface area contributed by atoms with E-state index < -0.39 is 4.92 Å². The van der Waals surface area contributed by atoms with Crippen LogP contribution < -0.4 is 5.73 Å². The second-order valence-corrected chi connectivity index (χ2v) is 4.64. The Morgan fingerprint density at radius 1 is 1.05 bits per heavy atom. The minimum absolute atomic E-state index is 0.112. The van der Waals surface area contributed by atoms with Crippen molar-refractivity contribution < 1.29 is 9.72 Å². The van der Waals surface area contributed by atoms with Gasteiger partial charge in [0.15, 0.2) is 5.78 Å². The van der Waals surface area contributed by atoms with Gasteiger partial charge in [0.05, 0.1) is 15.6 Å². The molecule has 0 bridgehead atoms. The molecule has 0 fully saturated rings. The number of non-ortho nitro benzene ring substituents is 1. The summed E-state index contributed by atoms with van der Waals surface area (Å²) in [6, 6.07) is 7.32. The summed E-state index contributed by atoms with van der Waals surface area (Å²) in [6.07, 6.45) is 0. The number of anilines is 1. The highest BCUT2D eigenvalue weighted by molar-refractivity contribution is 6.34. The van der Waals surface area contributed by atoms with Gasteiger partial charge in [0.25, 0.3) is 5.69 Å². The number of nitrogens with two attached hydrogens (primary N) is 1. The molecule has 19 heavy (non-hydrogen) atoms. The maximum Gasteiger partial charge on any atom is 0.270 e. The number of carbonyl (C=O) groups excluding carboxylic acids is 1. The van der Waals surface area contributed by atoms with E-state index in [0.29, 0.717) is 33.0 Å². The van der Waals surface area contributed by atoms with Gasteiger partial charge in [0.2, 0.25) is 0 Å². The molecule has 0 saturated carbocycles. The molecule has 0 radical (unpaired) electrons. The average molecular weight is 275 g/mol. The Balaban J connectivity index is 2.28. The SMILES string of the molecule is Nc1cc2c(cc1Cl)-c1ccc([N+](=O)[O-])cc1C2=O. The zero-order valence-corrected chi connectivity index (χ0v) is 10.3. The lowest BCUT2D eigenvalue weighted by molar-refractivity contribution is -0.384. The van der Waals surface area contributed by atoms with Crippen LogP contribution in [0.4, 0.5) is 11.4 Å². The van der Waals surface area contributed by atoms with Crippen LogP contribution in [0, 0.1) is 10.1 Å². The van der Waals surface area contributed by atoms with Crippen LogP contribution in [-0.2, 0) is 0 Å². The van der Waals surface area contributed by atoms with Gasteiger partial charge in [-0.1, -0.05) is 11.6 Å². The van der Waals surface area contributed by atoms with Crippen LogP contribution in [0.15, 0.2) is 30.3 Å². The number of fused-ring (bicyclic) bond motifs is 3. The molecular formula is C13H7ClN2O3. The van der Waals surface area contributed by atoms with Crippen molar-refractivity contribution in [3.8, 4) is 11.1 Å². The van der Waals surface area contributed by atoms with Gasteiger partial charge in [-0.3, -0.25) is 14.9 Å². The summed E-state index contributed by atoms with van der Waals surface area (Å²) in [5, 5.41) is 11.1. The predicted molar refractivity (Wildman–Crippen MR) is 71.4 cm³/mol. The van der Waals surface area contributed by atoms with E-state index in [-0.39, 0.29) is 11.5 Å². The number of halogens is 1. The first-order valence-electron chi connectivity index (χ1n) is 5.41. The fraction of sp³-hybridized carbons (Fsp3) is 0. The number of nitro groups is 1. The second-order valence-electron chi connectivity index (χ2n) is 4.24. The second kappa shape index (κ2) is 3.80. The van der Waals surface area contributed by atoms with E-state index in [0.717, 1.165) is 0 Å². The lowest BCUT2D eigenvalue weighted by atomic mass is 10.1. The number of ketones is 1. The highest BCUT2D eigenvalue weighted by Crippen LogP contribution is 2.41. The summed E-state index contributed by atoms with van der Waals surface area (Å²) >= 11 is 5.94. The number of benzene rings is 2. The molecule has 0 saturated heterocycles. The lowest BCUT2D eigenvalue weighted by Gasteiger charge is -2.03. The number of nitrogens with zero attached hydrogens (tertiary/aromatic N) is 1. The first kappa shape index (κ1) is 11.7. The Morgan fingerprint density at radius 3 is 2.42 bits per heavy atom. The minimum Gasteiger partial charge on any atom is -0.398 e. The van der Waals surface area contributed by atoms with Crippen LogP contribution in [0.3, 0.4) is 0 Å². The molecule has 2 N–H and O–H groups in total. The third kappa shape index (κ3) is 1.59. The van der Waals surface area contributed by atoms with Crippen LogP contribution in [0.2, 0.25) is 5.02 Å². The minimum atomic E-state index is -0.530. The summed E-state index contributed by atoms with van der Waals surface area (Å²) in [5.74, 6) is -0.267. The Labute approximate surface area is 112 Å². The molecule has 2 aromatic carbocycles. The van der Waals surface area contributed by atoms with Crippen LogP contribution in [0.1, 0.15) is 15.9 Å². The largest absolute Gasteiger partial charge is 0.398 e. The molecule has 5 nitrogen and oxygen atoms in total. The molecule has 1 aliphatic carbocycles. The third-order valence-corrected chi connectivity index (χ3v) is 3.46. The summed E-state index contributed by atoms with van der Waals surface area (Å²) in [5.41, 5.74) is 7.93. The molecule has 1 aliphatic rings. The van der Waals surface area contributed by atoms with Crippen molar-refractivity contribution in [2.24, 2.45) is 0 Å². The number of carbonyl (C=O) groups is 1. The lowest BCUT2D eigenvalue weighted by Crippen LogP contribution is -1.98. The molecule has 0 spiro atoms. The van der Waals surface area contributed by atoms with Crippen molar-refractivity contribution in [2.75, 3.05) is 5.73 Å². The van der Waals surface area contributed by atoms with Crippen molar-refractivity contribution in [3.63, 3.8) is 0 Å². The molecule has 2 aromatic rings. The van der Waals surface area contributed by atoms with E-state index in [2.05, 4.69) is 0 Å². The molecule has 94 valence electrons. The predicted octanol–water partition coefficient (Wildman–Crippen LogP) is 3.04. The molecule has 0 aromatic heterocycles. The normalized spacial score (nSPS) is 12.2. The van der Waals surface area contributed by atoms with E-state index in [1.807, 2.05) is 0 Å².